The smallest absolute Gasteiger partial charge is 0.320 e. The van der Waals surface area contributed by atoms with Crippen LogP contribution in [-0.4, -0.2) is 22.8 Å². The van der Waals surface area contributed by atoms with Crippen LogP contribution in [0.15, 0.2) is 83.3 Å². The Hall–Kier alpha value is -3.84. The average Bonchev–Trinajstić information content (AvgIpc) is 3.29. The maximum absolute atomic E-state index is 12.9. The van der Waals surface area contributed by atoms with E-state index in [0.717, 1.165) is 5.56 Å². The molecular weight excluding hydrogens is 428 g/mol. The SMILES string of the molecule is CCOc1ccccc1NC(=O)NC(c1ccccc1)c1nnc(-c2ccccc2Cl)o1. The molecule has 1 atom stereocenters. The Morgan fingerprint density at radius 1 is 1.00 bits per heavy atom. The van der Waals surface area contributed by atoms with E-state index < -0.39 is 12.1 Å². The van der Waals surface area contributed by atoms with Crippen LogP contribution in [0.4, 0.5) is 10.5 Å². The third kappa shape index (κ3) is 4.90. The van der Waals surface area contributed by atoms with E-state index >= 15 is 0 Å². The molecule has 4 aromatic rings. The van der Waals surface area contributed by atoms with E-state index in [1.807, 2.05) is 61.5 Å². The summed E-state index contributed by atoms with van der Waals surface area (Å²) in [6.45, 7) is 2.37. The standard InChI is InChI=1S/C24H21ClN4O3/c1-2-31-20-15-9-8-14-19(20)26-24(30)27-21(16-10-4-3-5-11-16)23-29-28-22(32-23)17-12-6-7-13-18(17)25/h3-15,21H,2H2,1H3,(H2,26,27,30). The first kappa shape index (κ1) is 21.4. The first-order valence-electron chi connectivity index (χ1n) is 10.1. The zero-order chi connectivity index (χ0) is 22.3. The Kier molecular flexibility index (Phi) is 6.67. The molecule has 2 amide bonds. The second kappa shape index (κ2) is 9.98. The number of anilines is 1. The molecule has 0 spiro atoms. The fourth-order valence-electron chi connectivity index (χ4n) is 3.17. The molecule has 0 saturated heterocycles. The number of carbonyl (C=O) groups is 1. The molecule has 1 aromatic heterocycles. The van der Waals surface area contributed by atoms with E-state index in [2.05, 4.69) is 20.8 Å². The van der Waals surface area contributed by atoms with Crippen LogP contribution in [0.25, 0.3) is 11.5 Å². The number of nitrogens with one attached hydrogen (secondary N) is 2. The van der Waals surface area contributed by atoms with Crippen molar-refractivity contribution in [2.24, 2.45) is 0 Å². The van der Waals surface area contributed by atoms with Crippen LogP contribution in [0, 0.1) is 0 Å². The minimum absolute atomic E-state index is 0.236. The molecule has 1 unspecified atom stereocenters. The van der Waals surface area contributed by atoms with Crippen LogP contribution in [-0.2, 0) is 0 Å². The van der Waals surface area contributed by atoms with E-state index in [0.29, 0.717) is 28.6 Å². The number of amides is 2. The van der Waals surface area contributed by atoms with Crippen molar-refractivity contribution in [3.05, 3.63) is 95.3 Å². The van der Waals surface area contributed by atoms with Crippen LogP contribution >= 0.6 is 11.6 Å². The molecule has 7 nitrogen and oxygen atoms in total. The lowest BCUT2D eigenvalue weighted by molar-refractivity contribution is 0.248. The van der Waals surface area contributed by atoms with E-state index in [4.69, 9.17) is 20.8 Å². The number of urea groups is 1. The second-order valence-electron chi connectivity index (χ2n) is 6.80. The van der Waals surface area contributed by atoms with Gasteiger partial charge in [0, 0.05) is 0 Å². The van der Waals surface area contributed by atoms with Crippen LogP contribution < -0.4 is 15.4 Å². The summed E-state index contributed by atoms with van der Waals surface area (Å²) in [5.41, 5.74) is 1.96. The van der Waals surface area contributed by atoms with Gasteiger partial charge >= 0.3 is 6.03 Å². The molecule has 2 N–H and O–H groups in total. The third-order valence-electron chi connectivity index (χ3n) is 4.64. The molecule has 4 rings (SSSR count). The van der Waals surface area contributed by atoms with Gasteiger partial charge in [0.25, 0.3) is 0 Å². The predicted octanol–water partition coefficient (Wildman–Crippen LogP) is 5.70. The molecule has 0 aliphatic carbocycles. The molecule has 0 radical (unpaired) electrons. The largest absolute Gasteiger partial charge is 0.492 e. The number of nitrogens with zero attached hydrogens (tertiary/aromatic N) is 2. The monoisotopic (exact) mass is 448 g/mol. The van der Waals surface area contributed by atoms with Crippen molar-refractivity contribution >= 4 is 23.3 Å². The number of para-hydroxylation sites is 2. The van der Waals surface area contributed by atoms with Crippen LogP contribution in [0.1, 0.15) is 24.4 Å². The van der Waals surface area contributed by atoms with Crippen molar-refractivity contribution < 1.29 is 13.9 Å². The minimum atomic E-state index is -0.667. The second-order valence-corrected chi connectivity index (χ2v) is 7.20. The zero-order valence-electron chi connectivity index (χ0n) is 17.3. The van der Waals surface area contributed by atoms with E-state index in [1.54, 1.807) is 24.3 Å². The Balaban J connectivity index is 1.60. The van der Waals surface area contributed by atoms with Gasteiger partial charge in [0.2, 0.25) is 11.8 Å². The summed E-state index contributed by atoms with van der Waals surface area (Å²) in [4.78, 5) is 12.9. The van der Waals surface area contributed by atoms with Crippen molar-refractivity contribution in [3.8, 4) is 17.2 Å². The van der Waals surface area contributed by atoms with Gasteiger partial charge in [-0.05, 0) is 36.8 Å². The number of hydrogen-bond donors (Lipinski definition) is 2. The average molecular weight is 449 g/mol. The minimum Gasteiger partial charge on any atom is -0.492 e. The molecule has 32 heavy (non-hydrogen) atoms. The fourth-order valence-corrected chi connectivity index (χ4v) is 3.39. The highest BCUT2D eigenvalue weighted by Crippen LogP contribution is 2.30. The van der Waals surface area contributed by atoms with Crippen molar-refractivity contribution in [2.75, 3.05) is 11.9 Å². The van der Waals surface area contributed by atoms with Crippen molar-refractivity contribution in [1.29, 1.82) is 0 Å². The number of aromatic nitrogens is 2. The Labute approximate surface area is 190 Å². The number of carbonyl (C=O) groups excluding carboxylic acids is 1. The van der Waals surface area contributed by atoms with Crippen LogP contribution in [0.2, 0.25) is 5.02 Å². The fraction of sp³-hybridized carbons (Fsp3) is 0.125. The van der Waals surface area contributed by atoms with Gasteiger partial charge in [0.15, 0.2) is 0 Å². The van der Waals surface area contributed by atoms with Crippen molar-refractivity contribution in [3.63, 3.8) is 0 Å². The first-order chi connectivity index (χ1) is 15.7. The molecule has 8 heteroatoms. The lowest BCUT2D eigenvalue weighted by Crippen LogP contribution is -2.33. The molecular formula is C24H21ClN4O3. The molecule has 0 aliphatic heterocycles. The molecule has 0 fully saturated rings. The quantitative estimate of drug-likeness (QED) is 0.378. The van der Waals surface area contributed by atoms with Gasteiger partial charge in [-0.3, -0.25) is 0 Å². The van der Waals surface area contributed by atoms with Gasteiger partial charge in [-0.25, -0.2) is 4.79 Å². The maximum Gasteiger partial charge on any atom is 0.320 e. The summed E-state index contributed by atoms with van der Waals surface area (Å²) in [6.07, 6.45) is 0. The summed E-state index contributed by atoms with van der Waals surface area (Å²) < 4.78 is 11.5. The van der Waals surface area contributed by atoms with Gasteiger partial charge in [-0.1, -0.05) is 66.2 Å². The summed E-state index contributed by atoms with van der Waals surface area (Å²) in [5, 5.41) is 14.5. The summed E-state index contributed by atoms with van der Waals surface area (Å²) in [7, 11) is 0. The van der Waals surface area contributed by atoms with Gasteiger partial charge in [-0.2, -0.15) is 0 Å². The lowest BCUT2D eigenvalue weighted by atomic mass is 10.1. The van der Waals surface area contributed by atoms with E-state index in [9.17, 15) is 4.79 Å². The van der Waals surface area contributed by atoms with E-state index in [-0.39, 0.29) is 11.8 Å². The topological polar surface area (TPSA) is 89.3 Å². The Morgan fingerprint density at radius 3 is 2.50 bits per heavy atom. The third-order valence-corrected chi connectivity index (χ3v) is 4.96. The number of rotatable bonds is 7. The first-order valence-corrected chi connectivity index (χ1v) is 10.5. The summed E-state index contributed by atoms with van der Waals surface area (Å²) in [5.74, 6) is 1.09. The Morgan fingerprint density at radius 2 is 1.72 bits per heavy atom. The number of benzene rings is 3. The molecule has 3 aromatic carbocycles. The van der Waals surface area contributed by atoms with Gasteiger partial charge in [0.05, 0.1) is 22.9 Å². The van der Waals surface area contributed by atoms with Crippen molar-refractivity contribution in [1.82, 2.24) is 15.5 Å². The van der Waals surface area contributed by atoms with Gasteiger partial charge < -0.3 is 19.8 Å². The van der Waals surface area contributed by atoms with Gasteiger partial charge in [0.1, 0.15) is 11.8 Å². The number of ether oxygens (including phenoxy) is 1. The van der Waals surface area contributed by atoms with Crippen LogP contribution in [0.3, 0.4) is 0 Å². The number of hydrogen-bond acceptors (Lipinski definition) is 5. The molecule has 0 bridgehead atoms. The highest BCUT2D eigenvalue weighted by atomic mass is 35.5. The summed E-state index contributed by atoms with van der Waals surface area (Å²) in [6, 6.07) is 22.7. The molecule has 162 valence electrons. The maximum atomic E-state index is 12.9. The lowest BCUT2D eigenvalue weighted by Gasteiger charge is -2.17. The molecule has 0 aliphatic rings. The zero-order valence-corrected chi connectivity index (χ0v) is 18.0. The summed E-state index contributed by atoms with van der Waals surface area (Å²) >= 11 is 6.26. The van der Waals surface area contributed by atoms with Crippen LogP contribution in [0.5, 0.6) is 5.75 Å². The van der Waals surface area contributed by atoms with E-state index in [1.165, 1.54) is 0 Å². The molecule has 0 saturated carbocycles. The normalized spacial score (nSPS) is 11.6. The number of halogens is 1. The van der Waals surface area contributed by atoms with Crippen molar-refractivity contribution in [2.45, 2.75) is 13.0 Å². The molecule has 1 heterocycles. The highest BCUT2D eigenvalue weighted by Gasteiger charge is 2.24. The predicted molar refractivity (Wildman–Crippen MR) is 123 cm³/mol. The van der Waals surface area contributed by atoms with Gasteiger partial charge in [-0.15, -0.1) is 10.2 Å². The highest BCUT2D eigenvalue weighted by molar-refractivity contribution is 6.33. The Bertz CT molecular complexity index is 1200.